The van der Waals surface area contributed by atoms with E-state index >= 15 is 0 Å². The van der Waals surface area contributed by atoms with E-state index < -0.39 is 0 Å². The zero-order valence-corrected chi connectivity index (χ0v) is 9.87. The van der Waals surface area contributed by atoms with E-state index in [2.05, 4.69) is 23.0 Å². The number of hydrogen-bond acceptors (Lipinski definition) is 4. The van der Waals surface area contributed by atoms with Crippen LogP contribution in [-0.4, -0.2) is 28.0 Å². The highest BCUT2D eigenvalue weighted by atomic mass is 32.1. The molecule has 2 heterocycles. The van der Waals surface area contributed by atoms with Crippen molar-refractivity contribution >= 4 is 18.5 Å². The van der Waals surface area contributed by atoms with Crippen LogP contribution < -0.4 is 10.1 Å². The molecule has 16 heavy (non-hydrogen) atoms. The summed E-state index contributed by atoms with van der Waals surface area (Å²) in [5.41, 5.74) is 0.837. The van der Waals surface area contributed by atoms with Gasteiger partial charge in [-0.25, -0.2) is 4.68 Å². The largest absolute Gasteiger partial charge is 0.478 e. The van der Waals surface area contributed by atoms with Gasteiger partial charge in [0.15, 0.2) is 0 Å². The van der Waals surface area contributed by atoms with Gasteiger partial charge in [0.2, 0.25) is 11.8 Å². The van der Waals surface area contributed by atoms with Gasteiger partial charge >= 0.3 is 0 Å². The van der Waals surface area contributed by atoms with Gasteiger partial charge in [-0.1, -0.05) is 0 Å². The van der Waals surface area contributed by atoms with Crippen molar-refractivity contribution in [2.24, 2.45) is 0 Å². The van der Waals surface area contributed by atoms with Gasteiger partial charge in [0.05, 0.1) is 18.8 Å². The van der Waals surface area contributed by atoms with Crippen LogP contribution in [0.15, 0.2) is 6.07 Å². The smallest absolute Gasteiger partial charge is 0.221 e. The Bertz CT molecular complexity index is 355. The quantitative estimate of drug-likeness (QED) is 0.759. The molecule has 0 fully saturated rings. The Morgan fingerprint density at radius 2 is 2.56 bits per heavy atom. The van der Waals surface area contributed by atoms with Crippen molar-refractivity contribution in [3.05, 3.63) is 11.8 Å². The van der Waals surface area contributed by atoms with Gasteiger partial charge < -0.3 is 10.1 Å². The van der Waals surface area contributed by atoms with Crippen molar-refractivity contribution < 1.29 is 9.53 Å². The SMILES string of the molecule is O=C(CCS)NCc1cc2n(n1)CCCO2. The minimum absolute atomic E-state index is 0.00175. The van der Waals surface area contributed by atoms with E-state index in [0.717, 1.165) is 31.1 Å². The summed E-state index contributed by atoms with van der Waals surface area (Å²) in [7, 11) is 0. The Labute approximate surface area is 99.6 Å². The van der Waals surface area contributed by atoms with E-state index in [0.29, 0.717) is 18.7 Å². The highest BCUT2D eigenvalue weighted by molar-refractivity contribution is 7.80. The van der Waals surface area contributed by atoms with E-state index in [4.69, 9.17) is 4.74 Å². The molecule has 0 radical (unpaired) electrons. The predicted octanol–water partition coefficient (Wildman–Crippen LogP) is 0.602. The maximum absolute atomic E-state index is 11.2. The van der Waals surface area contributed by atoms with Crippen LogP contribution in [0.5, 0.6) is 5.88 Å². The summed E-state index contributed by atoms with van der Waals surface area (Å²) in [4.78, 5) is 11.2. The first-order chi connectivity index (χ1) is 7.79. The number of fused-ring (bicyclic) bond motifs is 1. The maximum atomic E-state index is 11.2. The number of carbonyl (C=O) groups excluding carboxylic acids is 1. The number of carbonyl (C=O) groups is 1. The summed E-state index contributed by atoms with van der Waals surface area (Å²) >= 11 is 4.00. The summed E-state index contributed by atoms with van der Waals surface area (Å²) in [5, 5.41) is 7.13. The number of nitrogens with one attached hydrogen (secondary N) is 1. The molecule has 1 aliphatic rings. The van der Waals surface area contributed by atoms with Crippen molar-refractivity contribution in [1.29, 1.82) is 0 Å². The lowest BCUT2D eigenvalue weighted by Gasteiger charge is -2.13. The zero-order valence-electron chi connectivity index (χ0n) is 8.98. The number of ether oxygens (including phenoxy) is 1. The molecule has 0 atom stereocenters. The predicted molar refractivity (Wildman–Crippen MR) is 62.7 cm³/mol. The second kappa shape index (κ2) is 5.25. The highest BCUT2D eigenvalue weighted by Gasteiger charge is 2.13. The molecule has 0 spiro atoms. The number of hydrogen-bond donors (Lipinski definition) is 2. The summed E-state index contributed by atoms with van der Waals surface area (Å²) in [6.07, 6.45) is 1.42. The van der Waals surface area contributed by atoms with Crippen LogP contribution in [0.2, 0.25) is 0 Å². The van der Waals surface area contributed by atoms with Gasteiger partial charge in [0.25, 0.3) is 0 Å². The Balaban J connectivity index is 1.90. The fraction of sp³-hybridized carbons (Fsp3) is 0.600. The van der Waals surface area contributed by atoms with Gasteiger partial charge in [0, 0.05) is 25.5 Å². The van der Waals surface area contributed by atoms with Crippen molar-refractivity contribution in [3.63, 3.8) is 0 Å². The fourth-order valence-electron chi connectivity index (χ4n) is 1.58. The van der Waals surface area contributed by atoms with Crippen molar-refractivity contribution in [2.45, 2.75) is 25.9 Å². The summed E-state index contributed by atoms with van der Waals surface area (Å²) in [6, 6.07) is 1.88. The summed E-state index contributed by atoms with van der Waals surface area (Å²) in [5.74, 6) is 1.36. The minimum Gasteiger partial charge on any atom is -0.478 e. The molecule has 0 unspecified atom stereocenters. The monoisotopic (exact) mass is 241 g/mol. The van der Waals surface area contributed by atoms with Crippen LogP contribution in [0.3, 0.4) is 0 Å². The lowest BCUT2D eigenvalue weighted by atomic mass is 10.4. The lowest BCUT2D eigenvalue weighted by molar-refractivity contribution is -0.120. The van der Waals surface area contributed by atoms with Crippen LogP contribution in [0, 0.1) is 0 Å². The molecule has 1 amide bonds. The van der Waals surface area contributed by atoms with E-state index in [-0.39, 0.29) is 5.91 Å². The molecule has 0 saturated carbocycles. The van der Waals surface area contributed by atoms with E-state index in [1.165, 1.54) is 0 Å². The lowest BCUT2D eigenvalue weighted by Crippen LogP contribution is -2.23. The second-order valence-electron chi connectivity index (χ2n) is 3.65. The first kappa shape index (κ1) is 11.3. The van der Waals surface area contributed by atoms with Gasteiger partial charge in [-0.3, -0.25) is 4.79 Å². The Morgan fingerprint density at radius 3 is 3.31 bits per heavy atom. The van der Waals surface area contributed by atoms with E-state index in [1.807, 2.05) is 10.7 Å². The number of rotatable bonds is 4. The standard InChI is InChI=1S/C10H15N3O2S/c14-9(2-5-16)11-7-8-6-10-13(12-8)3-1-4-15-10/h6,16H,1-5,7H2,(H,11,14). The van der Waals surface area contributed by atoms with Crippen LogP contribution >= 0.6 is 12.6 Å². The maximum Gasteiger partial charge on any atom is 0.221 e. The third-order valence-electron chi connectivity index (χ3n) is 2.36. The zero-order chi connectivity index (χ0) is 11.4. The first-order valence-corrected chi connectivity index (χ1v) is 6.00. The second-order valence-corrected chi connectivity index (χ2v) is 4.10. The molecule has 1 aliphatic heterocycles. The fourth-order valence-corrected chi connectivity index (χ4v) is 1.79. The third-order valence-corrected chi connectivity index (χ3v) is 2.59. The number of amides is 1. The number of aromatic nitrogens is 2. The van der Waals surface area contributed by atoms with E-state index in [1.54, 1.807) is 0 Å². The van der Waals surface area contributed by atoms with Crippen LogP contribution in [-0.2, 0) is 17.9 Å². The molecule has 0 bridgehead atoms. The molecule has 6 heteroatoms. The molecular formula is C10H15N3O2S. The first-order valence-electron chi connectivity index (χ1n) is 5.36. The molecule has 0 aliphatic carbocycles. The average molecular weight is 241 g/mol. The van der Waals surface area contributed by atoms with Crippen molar-refractivity contribution in [3.8, 4) is 5.88 Å². The number of aryl methyl sites for hydroxylation is 1. The molecule has 88 valence electrons. The third kappa shape index (κ3) is 2.69. The molecule has 1 N–H and O–H groups in total. The summed E-state index contributed by atoms with van der Waals surface area (Å²) < 4.78 is 7.27. The number of thiol groups is 1. The molecule has 1 aromatic rings. The number of nitrogens with zero attached hydrogens (tertiary/aromatic N) is 2. The van der Waals surface area contributed by atoms with Crippen LogP contribution in [0.4, 0.5) is 0 Å². The molecule has 1 aromatic heterocycles. The Hall–Kier alpha value is -1.17. The molecule has 0 aromatic carbocycles. The molecule has 2 rings (SSSR count). The van der Waals surface area contributed by atoms with Crippen molar-refractivity contribution in [1.82, 2.24) is 15.1 Å². The topological polar surface area (TPSA) is 56.2 Å². The molecular weight excluding hydrogens is 226 g/mol. The average Bonchev–Trinajstić information content (AvgIpc) is 2.69. The normalized spacial score (nSPS) is 14.1. The highest BCUT2D eigenvalue weighted by Crippen LogP contribution is 2.17. The summed E-state index contributed by atoms with van der Waals surface area (Å²) in [6.45, 7) is 2.09. The Kier molecular flexibility index (Phi) is 3.71. The minimum atomic E-state index is 0.00175. The van der Waals surface area contributed by atoms with E-state index in [9.17, 15) is 4.79 Å². The van der Waals surface area contributed by atoms with Crippen LogP contribution in [0.1, 0.15) is 18.5 Å². The van der Waals surface area contributed by atoms with Gasteiger partial charge in [-0.15, -0.1) is 0 Å². The molecule has 5 nitrogen and oxygen atoms in total. The van der Waals surface area contributed by atoms with Crippen LogP contribution in [0.25, 0.3) is 0 Å². The molecule has 0 saturated heterocycles. The van der Waals surface area contributed by atoms with Gasteiger partial charge in [-0.2, -0.15) is 17.7 Å². The van der Waals surface area contributed by atoms with Crippen molar-refractivity contribution in [2.75, 3.05) is 12.4 Å². The van der Waals surface area contributed by atoms with Gasteiger partial charge in [-0.05, 0) is 5.75 Å². The van der Waals surface area contributed by atoms with Gasteiger partial charge in [0.1, 0.15) is 0 Å². The Morgan fingerprint density at radius 1 is 1.69 bits per heavy atom.